The number of carbonyl (C=O) groups excluding carboxylic acids is 4. The SMILES string of the molecule is CCOC(=O)C[n+]1cccc(-c2nn(-c3ccccc3)cc2C=C(NC(=O)c2ccccc2)C(=O)NC(CCC(N)=O)C(=O)O)c1. The molecule has 1 atom stereocenters. The highest BCUT2D eigenvalue weighted by Gasteiger charge is 2.25. The Morgan fingerprint density at radius 3 is 2.37 bits per heavy atom. The minimum atomic E-state index is -1.46. The minimum absolute atomic E-state index is 0.0467. The third kappa shape index (κ3) is 8.95. The maximum atomic E-state index is 13.6. The summed E-state index contributed by atoms with van der Waals surface area (Å²) < 4.78 is 8.28. The summed E-state index contributed by atoms with van der Waals surface area (Å²) in [6.07, 6.45) is 5.89. The molecule has 236 valence electrons. The number of hydrogen-bond acceptors (Lipinski definition) is 7. The predicted octanol–water partition coefficient (Wildman–Crippen LogP) is 2.00. The first-order valence-corrected chi connectivity index (χ1v) is 14.3. The quantitative estimate of drug-likeness (QED) is 0.0931. The molecule has 0 aliphatic rings. The molecule has 3 amide bonds. The number of pyridine rings is 1. The first kappa shape index (κ1) is 32.8. The highest BCUT2D eigenvalue weighted by Crippen LogP contribution is 2.25. The van der Waals surface area contributed by atoms with Crippen LogP contribution in [-0.4, -0.2) is 57.2 Å². The summed E-state index contributed by atoms with van der Waals surface area (Å²) in [4.78, 5) is 62.1. The Kier molecular flexibility index (Phi) is 11.1. The van der Waals surface area contributed by atoms with Gasteiger partial charge in [-0.25, -0.2) is 14.3 Å². The number of aliphatic carboxylic acids is 1. The molecule has 0 saturated heterocycles. The summed E-state index contributed by atoms with van der Waals surface area (Å²) in [7, 11) is 0. The summed E-state index contributed by atoms with van der Waals surface area (Å²) in [6, 6.07) is 19.4. The molecule has 13 heteroatoms. The van der Waals surface area contributed by atoms with Gasteiger partial charge < -0.3 is 26.2 Å². The summed E-state index contributed by atoms with van der Waals surface area (Å²) in [5.74, 6) is -4.06. The Morgan fingerprint density at radius 2 is 1.72 bits per heavy atom. The van der Waals surface area contributed by atoms with Crippen molar-refractivity contribution in [2.45, 2.75) is 32.4 Å². The van der Waals surface area contributed by atoms with Crippen LogP contribution < -0.4 is 20.9 Å². The zero-order valence-corrected chi connectivity index (χ0v) is 25.0. The lowest BCUT2D eigenvalue weighted by atomic mass is 10.1. The van der Waals surface area contributed by atoms with Crippen LogP contribution in [0.1, 0.15) is 35.7 Å². The molecule has 0 saturated carbocycles. The van der Waals surface area contributed by atoms with Gasteiger partial charge in [-0.3, -0.25) is 14.4 Å². The van der Waals surface area contributed by atoms with Crippen LogP contribution in [0.15, 0.2) is 97.1 Å². The molecule has 0 aliphatic heterocycles. The molecule has 4 rings (SSSR count). The van der Waals surface area contributed by atoms with Gasteiger partial charge in [-0.1, -0.05) is 36.4 Å². The Bertz CT molecular complexity index is 1750. The summed E-state index contributed by atoms with van der Waals surface area (Å²) in [5, 5.41) is 19.4. The molecule has 46 heavy (non-hydrogen) atoms. The fraction of sp³-hybridized carbons (Fsp3) is 0.182. The van der Waals surface area contributed by atoms with Gasteiger partial charge in [0, 0.05) is 29.8 Å². The van der Waals surface area contributed by atoms with Gasteiger partial charge in [0.25, 0.3) is 11.8 Å². The molecule has 1 unspecified atom stereocenters. The number of nitrogens with zero attached hydrogens (tertiary/aromatic N) is 3. The third-order valence-corrected chi connectivity index (χ3v) is 6.62. The number of nitrogens with one attached hydrogen (secondary N) is 2. The monoisotopic (exact) mass is 625 g/mol. The van der Waals surface area contributed by atoms with Crippen LogP contribution in [-0.2, 0) is 30.5 Å². The van der Waals surface area contributed by atoms with E-state index < -0.39 is 35.7 Å². The van der Waals surface area contributed by atoms with Gasteiger partial charge in [-0.2, -0.15) is 9.67 Å². The van der Waals surface area contributed by atoms with Crippen LogP contribution in [0, 0.1) is 0 Å². The van der Waals surface area contributed by atoms with Crippen LogP contribution in [0.25, 0.3) is 23.0 Å². The second-order valence-electron chi connectivity index (χ2n) is 10.0. The number of aromatic nitrogens is 3. The van der Waals surface area contributed by atoms with Gasteiger partial charge >= 0.3 is 11.9 Å². The Hall–Kier alpha value is -6.11. The van der Waals surface area contributed by atoms with Crippen molar-refractivity contribution in [3.8, 4) is 16.9 Å². The largest absolute Gasteiger partial charge is 0.480 e. The number of carbonyl (C=O) groups is 5. The lowest BCUT2D eigenvalue weighted by molar-refractivity contribution is -0.685. The second kappa shape index (κ2) is 15.6. The average Bonchev–Trinajstić information content (AvgIpc) is 3.47. The molecule has 5 N–H and O–H groups in total. The van der Waals surface area contributed by atoms with E-state index in [0.29, 0.717) is 22.5 Å². The van der Waals surface area contributed by atoms with E-state index in [1.165, 1.54) is 6.08 Å². The zero-order chi connectivity index (χ0) is 33.1. The number of hydrogen-bond donors (Lipinski definition) is 4. The van der Waals surface area contributed by atoms with Crippen molar-refractivity contribution in [3.05, 3.63) is 108 Å². The van der Waals surface area contributed by atoms with E-state index in [1.54, 1.807) is 77.2 Å². The number of primary amides is 1. The molecule has 0 bridgehead atoms. The van der Waals surface area contributed by atoms with Gasteiger partial charge in [0.1, 0.15) is 17.4 Å². The van der Waals surface area contributed by atoms with Crippen LogP contribution in [0.2, 0.25) is 0 Å². The first-order valence-electron chi connectivity index (χ1n) is 14.3. The minimum Gasteiger partial charge on any atom is -0.480 e. The number of amides is 3. The number of carboxylic acids is 1. The van der Waals surface area contributed by atoms with Gasteiger partial charge in [0.2, 0.25) is 12.5 Å². The van der Waals surface area contributed by atoms with Gasteiger partial charge in [0.15, 0.2) is 12.4 Å². The van der Waals surface area contributed by atoms with Gasteiger partial charge in [-0.05, 0) is 49.8 Å². The molecule has 0 aliphatic carbocycles. The third-order valence-electron chi connectivity index (χ3n) is 6.62. The number of ether oxygens (including phenoxy) is 1. The van der Waals surface area contributed by atoms with E-state index >= 15 is 0 Å². The lowest BCUT2D eigenvalue weighted by Crippen LogP contribution is -2.44. The highest BCUT2D eigenvalue weighted by atomic mass is 16.5. The van der Waals surface area contributed by atoms with Crippen molar-refractivity contribution >= 4 is 35.7 Å². The first-order chi connectivity index (χ1) is 22.1. The standard InChI is InChI=1S/C33H32N6O7/c1-2-46-29(41)21-38-17-9-12-23(19-38)30-24(20-39(37-30)25-13-7-4-8-14-25)18-27(36-31(42)22-10-5-3-6-11-22)32(43)35-26(33(44)45)15-16-28(34)40/h3-14,17-20,26H,2,15-16,21H2,1H3,(H4-,34,35,36,40,42,43,44,45)/p+1. The predicted molar refractivity (Wildman–Crippen MR) is 166 cm³/mol. The van der Waals surface area contributed by atoms with Gasteiger partial charge in [0.05, 0.1) is 17.9 Å². The normalized spacial score (nSPS) is 11.7. The maximum absolute atomic E-state index is 13.6. The Labute approximate surface area is 264 Å². The molecule has 2 aromatic carbocycles. The number of nitrogens with two attached hydrogens (primary N) is 1. The zero-order valence-electron chi connectivity index (χ0n) is 25.0. The van der Waals surface area contributed by atoms with Crippen molar-refractivity contribution < 1.29 is 38.4 Å². The number of rotatable bonds is 14. The smallest absolute Gasteiger partial charge is 0.372 e. The molecule has 13 nitrogen and oxygen atoms in total. The Balaban J connectivity index is 1.81. The topological polar surface area (TPSA) is 187 Å². The molecule has 4 aromatic rings. The van der Waals surface area contributed by atoms with Crippen molar-refractivity contribution in [3.63, 3.8) is 0 Å². The molecule has 2 aromatic heterocycles. The summed E-state index contributed by atoms with van der Waals surface area (Å²) >= 11 is 0. The van der Waals surface area contributed by atoms with E-state index in [9.17, 15) is 29.1 Å². The van der Waals surface area contributed by atoms with Crippen LogP contribution in [0.3, 0.4) is 0 Å². The summed E-state index contributed by atoms with van der Waals surface area (Å²) in [6.45, 7) is 1.91. The number of esters is 1. The molecule has 2 heterocycles. The lowest BCUT2D eigenvalue weighted by Gasteiger charge is -2.16. The second-order valence-corrected chi connectivity index (χ2v) is 10.0. The summed E-state index contributed by atoms with van der Waals surface area (Å²) in [5.41, 5.74) is 7.23. The van der Waals surface area contributed by atoms with E-state index in [0.717, 1.165) is 0 Å². The molecular weight excluding hydrogens is 592 g/mol. The molecule has 0 fully saturated rings. The number of para-hydroxylation sites is 1. The van der Waals surface area contributed by atoms with E-state index in [1.807, 2.05) is 30.3 Å². The van der Waals surface area contributed by atoms with Crippen molar-refractivity contribution in [2.75, 3.05) is 6.61 Å². The fourth-order valence-corrected chi connectivity index (χ4v) is 4.42. The Morgan fingerprint density at radius 1 is 1.02 bits per heavy atom. The van der Waals surface area contributed by atoms with E-state index in [4.69, 9.17) is 15.6 Å². The van der Waals surface area contributed by atoms with Crippen molar-refractivity contribution in [1.82, 2.24) is 20.4 Å². The molecule has 0 radical (unpaired) electrons. The van der Waals surface area contributed by atoms with Gasteiger partial charge in [-0.15, -0.1) is 0 Å². The van der Waals surface area contributed by atoms with Crippen molar-refractivity contribution in [1.29, 1.82) is 0 Å². The highest BCUT2D eigenvalue weighted by molar-refractivity contribution is 6.06. The number of carboxylic acid groups (broad SMARTS) is 1. The average molecular weight is 626 g/mol. The van der Waals surface area contributed by atoms with Crippen LogP contribution in [0.5, 0.6) is 0 Å². The molecule has 0 spiro atoms. The maximum Gasteiger partial charge on any atom is 0.372 e. The van der Waals surface area contributed by atoms with E-state index in [-0.39, 0.29) is 37.3 Å². The van der Waals surface area contributed by atoms with E-state index in [2.05, 4.69) is 10.6 Å². The van der Waals surface area contributed by atoms with Crippen LogP contribution in [0.4, 0.5) is 0 Å². The molecular formula is C33H33N6O7+. The number of benzene rings is 2. The van der Waals surface area contributed by atoms with Crippen molar-refractivity contribution in [2.24, 2.45) is 5.73 Å². The van der Waals surface area contributed by atoms with Crippen LogP contribution >= 0.6 is 0 Å². The fourth-order valence-electron chi connectivity index (χ4n) is 4.42.